The lowest BCUT2D eigenvalue weighted by Crippen LogP contribution is -2.25. The van der Waals surface area contributed by atoms with E-state index in [1.807, 2.05) is 36.9 Å². The van der Waals surface area contributed by atoms with Crippen molar-refractivity contribution in [1.29, 1.82) is 0 Å². The van der Waals surface area contributed by atoms with E-state index in [0.29, 0.717) is 18.9 Å². The van der Waals surface area contributed by atoms with Crippen LogP contribution in [0.3, 0.4) is 0 Å². The zero-order valence-electron chi connectivity index (χ0n) is 14.7. The predicted octanol–water partition coefficient (Wildman–Crippen LogP) is 2.55. The van der Waals surface area contributed by atoms with Crippen LogP contribution in [-0.2, 0) is 24.8 Å². The highest BCUT2D eigenvalue weighted by atomic mass is 32.2. The molecule has 1 aliphatic heterocycles. The molecule has 25 heavy (non-hydrogen) atoms. The van der Waals surface area contributed by atoms with Gasteiger partial charge in [-0.25, -0.2) is 4.98 Å². The minimum Gasteiger partial charge on any atom is -0.494 e. The molecule has 3 rings (SSSR count). The first-order valence-electron chi connectivity index (χ1n) is 8.39. The number of nitrogens with one attached hydrogen (secondary N) is 1. The van der Waals surface area contributed by atoms with Gasteiger partial charge in [0.1, 0.15) is 17.6 Å². The first kappa shape index (κ1) is 17.7. The molecule has 1 atom stereocenters. The maximum atomic E-state index is 12.1. The summed E-state index contributed by atoms with van der Waals surface area (Å²) in [5.41, 5.74) is 2.10. The van der Waals surface area contributed by atoms with Gasteiger partial charge in [0.25, 0.3) is 0 Å². The van der Waals surface area contributed by atoms with Crippen LogP contribution in [0.25, 0.3) is 0 Å². The van der Waals surface area contributed by atoms with Crippen LogP contribution >= 0.6 is 11.8 Å². The maximum absolute atomic E-state index is 12.1. The number of benzene rings is 1. The number of amides is 1. The fourth-order valence-corrected chi connectivity index (χ4v) is 3.54. The molecule has 0 saturated carbocycles. The number of ether oxygens (including phenoxy) is 2. The van der Waals surface area contributed by atoms with Gasteiger partial charge < -0.3 is 19.4 Å². The largest absolute Gasteiger partial charge is 0.494 e. The Morgan fingerprint density at radius 1 is 1.52 bits per heavy atom. The molecular formula is C18H23N3O3S. The first-order chi connectivity index (χ1) is 12.1. The minimum absolute atomic E-state index is 0.0368. The highest BCUT2D eigenvalue weighted by Gasteiger charge is 2.22. The van der Waals surface area contributed by atoms with Crippen LogP contribution in [0.5, 0.6) is 11.5 Å². The van der Waals surface area contributed by atoms with E-state index >= 15 is 0 Å². The van der Waals surface area contributed by atoms with Crippen molar-refractivity contribution < 1.29 is 14.3 Å². The van der Waals surface area contributed by atoms with E-state index in [0.717, 1.165) is 34.2 Å². The number of nitrogens with zero attached hydrogens (tertiary/aromatic N) is 2. The number of fused-ring (bicyclic) bond motifs is 1. The van der Waals surface area contributed by atoms with Crippen molar-refractivity contribution in [3.05, 3.63) is 35.7 Å². The standard InChI is InChI=1S/C18H23N3O3S/c1-4-23-15-8-13-7-12(2)24-16(13)9-14(15)10-20-17(22)11-25-18-19-5-6-21(18)3/h5-6,8-9,12H,4,7,10-11H2,1-3H3,(H,20,22)/t12-/m1/s1. The average molecular weight is 361 g/mol. The number of rotatable bonds is 7. The summed E-state index contributed by atoms with van der Waals surface area (Å²) in [7, 11) is 1.91. The van der Waals surface area contributed by atoms with Crippen molar-refractivity contribution in [1.82, 2.24) is 14.9 Å². The maximum Gasteiger partial charge on any atom is 0.230 e. The van der Waals surface area contributed by atoms with Gasteiger partial charge in [-0.15, -0.1) is 0 Å². The van der Waals surface area contributed by atoms with Gasteiger partial charge in [0.05, 0.1) is 12.4 Å². The highest BCUT2D eigenvalue weighted by molar-refractivity contribution is 7.99. The molecule has 1 aromatic heterocycles. The quantitative estimate of drug-likeness (QED) is 0.768. The molecular weight excluding hydrogens is 338 g/mol. The lowest BCUT2D eigenvalue weighted by atomic mass is 10.1. The second kappa shape index (κ2) is 7.82. The zero-order chi connectivity index (χ0) is 17.8. The Balaban J connectivity index is 1.61. The topological polar surface area (TPSA) is 65.4 Å². The van der Waals surface area contributed by atoms with Crippen molar-refractivity contribution in [3.63, 3.8) is 0 Å². The summed E-state index contributed by atoms with van der Waals surface area (Å²) in [6.45, 7) is 5.01. The Morgan fingerprint density at radius 2 is 2.36 bits per heavy atom. The number of hydrogen-bond acceptors (Lipinski definition) is 5. The Bertz CT molecular complexity index is 760. The third kappa shape index (κ3) is 4.28. The SMILES string of the molecule is CCOc1cc2c(cc1CNC(=O)CSc1nccn1C)O[C@H](C)C2. The summed E-state index contributed by atoms with van der Waals surface area (Å²) < 4.78 is 13.4. The molecule has 6 nitrogen and oxygen atoms in total. The van der Waals surface area contributed by atoms with Gasteiger partial charge in [0, 0.05) is 43.5 Å². The molecule has 0 bridgehead atoms. The van der Waals surface area contributed by atoms with E-state index in [1.165, 1.54) is 11.8 Å². The Hall–Kier alpha value is -2.15. The summed E-state index contributed by atoms with van der Waals surface area (Å²) in [4.78, 5) is 16.3. The summed E-state index contributed by atoms with van der Waals surface area (Å²) in [5.74, 6) is 2.00. The normalized spacial score (nSPS) is 15.6. The molecule has 1 aromatic carbocycles. The third-order valence-electron chi connectivity index (χ3n) is 3.96. The molecule has 1 aliphatic rings. The Kier molecular flexibility index (Phi) is 5.53. The number of carbonyl (C=O) groups excluding carboxylic acids is 1. The van der Waals surface area contributed by atoms with Gasteiger partial charge in [-0.2, -0.15) is 0 Å². The third-order valence-corrected chi connectivity index (χ3v) is 5.02. The first-order valence-corrected chi connectivity index (χ1v) is 9.37. The van der Waals surface area contributed by atoms with Crippen LogP contribution in [0.15, 0.2) is 29.7 Å². The van der Waals surface area contributed by atoms with Gasteiger partial charge >= 0.3 is 0 Å². The van der Waals surface area contributed by atoms with Gasteiger partial charge in [-0.05, 0) is 26.0 Å². The van der Waals surface area contributed by atoms with Crippen molar-refractivity contribution in [2.75, 3.05) is 12.4 Å². The molecule has 2 aromatic rings. The fraction of sp³-hybridized carbons (Fsp3) is 0.444. The van der Waals surface area contributed by atoms with Crippen LogP contribution in [0.1, 0.15) is 25.0 Å². The molecule has 0 spiro atoms. The summed E-state index contributed by atoms with van der Waals surface area (Å²) in [5, 5.41) is 3.77. The number of aromatic nitrogens is 2. The molecule has 2 heterocycles. The van der Waals surface area contributed by atoms with Crippen molar-refractivity contribution in [2.45, 2.75) is 38.1 Å². The van der Waals surface area contributed by atoms with E-state index in [2.05, 4.69) is 17.2 Å². The predicted molar refractivity (Wildman–Crippen MR) is 97.2 cm³/mol. The summed E-state index contributed by atoms with van der Waals surface area (Å²) in [6.07, 6.45) is 4.66. The molecule has 7 heteroatoms. The van der Waals surface area contributed by atoms with Crippen molar-refractivity contribution in [2.24, 2.45) is 7.05 Å². The van der Waals surface area contributed by atoms with Crippen LogP contribution in [0, 0.1) is 0 Å². The average Bonchev–Trinajstić information content (AvgIpc) is 3.15. The van der Waals surface area contributed by atoms with E-state index in [1.54, 1.807) is 6.20 Å². The van der Waals surface area contributed by atoms with Crippen LogP contribution < -0.4 is 14.8 Å². The van der Waals surface area contributed by atoms with Crippen molar-refractivity contribution >= 4 is 17.7 Å². The minimum atomic E-state index is -0.0368. The lowest BCUT2D eigenvalue weighted by Gasteiger charge is -2.13. The molecule has 0 fully saturated rings. The summed E-state index contributed by atoms with van der Waals surface area (Å²) >= 11 is 1.42. The van der Waals surface area contributed by atoms with Gasteiger partial charge in [0.15, 0.2) is 5.16 Å². The van der Waals surface area contributed by atoms with Gasteiger partial charge in [0.2, 0.25) is 5.91 Å². The zero-order valence-corrected chi connectivity index (χ0v) is 15.6. The fourth-order valence-electron chi connectivity index (χ4n) is 2.78. The number of imidazole rings is 1. The monoisotopic (exact) mass is 361 g/mol. The van der Waals surface area contributed by atoms with Gasteiger partial charge in [-0.1, -0.05) is 11.8 Å². The number of hydrogen-bond donors (Lipinski definition) is 1. The van der Waals surface area contributed by atoms with Crippen LogP contribution in [0.4, 0.5) is 0 Å². The van der Waals surface area contributed by atoms with E-state index in [-0.39, 0.29) is 12.0 Å². The molecule has 0 aliphatic carbocycles. The van der Waals surface area contributed by atoms with E-state index in [9.17, 15) is 4.79 Å². The lowest BCUT2D eigenvalue weighted by molar-refractivity contribution is -0.118. The molecule has 134 valence electrons. The van der Waals surface area contributed by atoms with Gasteiger partial charge in [-0.3, -0.25) is 4.79 Å². The molecule has 0 unspecified atom stereocenters. The van der Waals surface area contributed by atoms with Crippen LogP contribution in [0.2, 0.25) is 0 Å². The molecule has 1 amide bonds. The van der Waals surface area contributed by atoms with E-state index in [4.69, 9.17) is 9.47 Å². The van der Waals surface area contributed by atoms with E-state index < -0.39 is 0 Å². The smallest absolute Gasteiger partial charge is 0.230 e. The number of thioether (sulfide) groups is 1. The van der Waals surface area contributed by atoms with Crippen molar-refractivity contribution in [3.8, 4) is 11.5 Å². The number of carbonyl (C=O) groups is 1. The second-order valence-corrected chi connectivity index (χ2v) is 6.96. The summed E-state index contributed by atoms with van der Waals surface area (Å²) in [6, 6.07) is 4.02. The molecule has 0 saturated heterocycles. The Morgan fingerprint density at radius 3 is 3.08 bits per heavy atom. The second-order valence-electron chi connectivity index (χ2n) is 6.02. The number of aryl methyl sites for hydroxylation is 1. The molecule has 1 N–H and O–H groups in total. The molecule has 0 radical (unpaired) electrons. The highest BCUT2D eigenvalue weighted by Crippen LogP contribution is 2.35. The Labute approximate surface area is 151 Å². The van der Waals surface area contributed by atoms with Crippen LogP contribution in [-0.4, -0.2) is 33.9 Å².